The number of nitrogens with zero attached hydrogens (tertiary/aromatic N) is 1. The smallest absolute Gasteiger partial charge is 0.252 e. The predicted octanol–water partition coefficient (Wildman–Crippen LogP) is 2.70. The van der Waals surface area contributed by atoms with E-state index in [1.807, 2.05) is 0 Å². The van der Waals surface area contributed by atoms with E-state index in [-0.39, 0.29) is 11.5 Å². The quantitative estimate of drug-likeness (QED) is 0.872. The highest BCUT2D eigenvalue weighted by molar-refractivity contribution is 5.95. The first-order chi connectivity index (χ1) is 8.56. The molecule has 1 amide bonds. The predicted molar refractivity (Wildman–Crippen MR) is 65.4 cm³/mol. The van der Waals surface area contributed by atoms with Gasteiger partial charge < -0.3 is 5.32 Å². The van der Waals surface area contributed by atoms with Crippen LogP contribution in [0.5, 0.6) is 0 Å². The van der Waals surface area contributed by atoms with E-state index in [1.165, 1.54) is 6.07 Å². The average molecular weight is 246 g/mol. The maximum absolute atomic E-state index is 13.4. The first kappa shape index (κ1) is 12.6. The fraction of sp³-hybridized carbons (Fsp3) is 0.429. The Hall–Kier alpha value is -1.89. The third-order valence-corrected chi connectivity index (χ3v) is 3.46. The van der Waals surface area contributed by atoms with E-state index in [9.17, 15) is 14.4 Å². The maximum atomic E-state index is 13.4. The molecule has 1 aliphatic rings. The van der Waals surface area contributed by atoms with Crippen LogP contribution in [0.3, 0.4) is 0 Å². The number of rotatable bonds is 2. The van der Waals surface area contributed by atoms with Crippen LogP contribution in [0.25, 0.3) is 0 Å². The molecule has 2 rings (SSSR count). The van der Waals surface area contributed by atoms with Crippen molar-refractivity contribution in [1.29, 1.82) is 5.26 Å². The number of hydrogen-bond donors (Lipinski definition) is 1. The molecule has 0 unspecified atom stereocenters. The lowest BCUT2D eigenvalue weighted by Crippen LogP contribution is -2.45. The molecule has 1 aromatic rings. The molecule has 0 heterocycles. The molecule has 94 valence electrons. The van der Waals surface area contributed by atoms with Gasteiger partial charge in [0.1, 0.15) is 11.4 Å². The Bertz CT molecular complexity index is 513. The largest absolute Gasteiger partial charge is 0.334 e. The number of nitrogens with one attached hydrogen (secondary N) is 1. The van der Waals surface area contributed by atoms with Crippen LogP contribution >= 0.6 is 0 Å². The first-order valence-corrected chi connectivity index (χ1v) is 6.06. The van der Waals surface area contributed by atoms with Crippen molar-refractivity contribution in [3.63, 3.8) is 0 Å². The van der Waals surface area contributed by atoms with E-state index in [0.717, 1.165) is 12.8 Å². The molecule has 18 heavy (non-hydrogen) atoms. The number of hydrogen-bond acceptors (Lipinski definition) is 2. The fourth-order valence-electron chi connectivity index (χ4n) is 2.27. The van der Waals surface area contributed by atoms with Crippen molar-refractivity contribution < 1.29 is 9.18 Å². The van der Waals surface area contributed by atoms with Crippen LogP contribution in [0.2, 0.25) is 0 Å². The van der Waals surface area contributed by atoms with Crippen molar-refractivity contribution in [2.24, 2.45) is 0 Å². The van der Waals surface area contributed by atoms with Crippen molar-refractivity contribution in [2.45, 2.75) is 38.1 Å². The third-order valence-electron chi connectivity index (χ3n) is 3.46. The molecule has 1 fully saturated rings. The molecular weight excluding hydrogens is 231 g/mol. The zero-order valence-corrected chi connectivity index (χ0v) is 10.3. The second-order valence-corrected chi connectivity index (χ2v) is 4.82. The summed E-state index contributed by atoms with van der Waals surface area (Å²) in [5.74, 6) is -0.780. The lowest BCUT2D eigenvalue weighted by atomic mass is 9.99. The van der Waals surface area contributed by atoms with Crippen molar-refractivity contribution in [2.75, 3.05) is 0 Å². The SMILES string of the molecule is Cc1ccc(C(=O)NC2(C#N)CCCC2)cc1F. The minimum Gasteiger partial charge on any atom is -0.334 e. The Morgan fingerprint density at radius 1 is 1.44 bits per heavy atom. The molecule has 0 aliphatic heterocycles. The molecular formula is C14H15FN2O. The van der Waals surface area contributed by atoms with E-state index in [0.29, 0.717) is 18.4 Å². The number of carbonyl (C=O) groups is 1. The van der Waals surface area contributed by atoms with Gasteiger partial charge in [0.25, 0.3) is 5.91 Å². The molecule has 0 saturated heterocycles. The second kappa shape index (κ2) is 4.77. The van der Waals surface area contributed by atoms with Gasteiger partial charge in [0, 0.05) is 5.56 Å². The summed E-state index contributed by atoms with van der Waals surface area (Å²) in [5, 5.41) is 11.9. The van der Waals surface area contributed by atoms with E-state index in [4.69, 9.17) is 0 Å². The van der Waals surface area contributed by atoms with Gasteiger partial charge in [-0.05, 0) is 50.3 Å². The van der Waals surface area contributed by atoms with Crippen molar-refractivity contribution in [3.05, 3.63) is 35.1 Å². The van der Waals surface area contributed by atoms with Crippen LogP contribution in [0.4, 0.5) is 4.39 Å². The van der Waals surface area contributed by atoms with Gasteiger partial charge in [-0.2, -0.15) is 5.26 Å². The fourth-order valence-corrected chi connectivity index (χ4v) is 2.27. The first-order valence-electron chi connectivity index (χ1n) is 6.06. The van der Waals surface area contributed by atoms with Crippen LogP contribution in [0.1, 0.15) is 41.6 Å². The standard InChI is InChI=1S/C14H15FN2O/c1-10-4-5-11(8-12(10)15)13(18)17-14(9-16)6-2-3-7-14/h4-5,8H,2-3,6-7H2,1H3,(H,17,18). The number of benzene rings is 1. The summed E-state index contributed by atoms with van der Waals surface area (Å²) in [6.45, 7) is 1.64. The van der Waals surface area contributed by atoms with E-state index in [1.54, 1.807) is 19.1 Å². The lowest BCUT2D eigenvalue weighted by molar-refractivity contribution is 0.0920. The van der Waals surface area contributed by atoms with Crippen LogP contribution in [0.15, 0.2) is 18.2 Å². The van der Waals surface area contributed by atoms with Crippen LogP contribution in [0, 0.1) is 24.1 Å². The molecule has 0 radical (unpaired) electrons. The van der Waals surface area contributed by atoms with Crippen LogP contribution in [-0.4, -0.2) is 11.4 Å². The summed E-state index contributed by atoms with van der Waals surface area (Å²) in [4.78, 5) is 12.0. The average Bonchev–Trinajstić information content (AvgIpc) is 2.82. The number of halogens is 1. The van der Waals surface area contributed by atoms with Gasteiger partial charge >= 0.3 is 0 Å². The monoisotopic (exact) mass is 246 g/mol. The molecule has 3 nitrogen and oxygen atoms in total. The number of carbonyl (C=O) groups excluding carboxylic acids is 1. The summed E-state index contributed by atoms with van der Waals surface area (Å²) in [6.07, 6.45) is 3.22. The maximum Gasteiger partial charge on any atom is 0.252 e. The Kier molecular flexibility index (Phi) is 3.33. The second-order valence-electron chi connectivity index (χ2n) is 4.82. The summed E-state index contributed by atoms with van der Waals surface area (Å²) in [5.41, 5.74) is 0.000345. The normalized spacial score (nSPS) is 17.2. The highest BCUT2D eigenvalue weighted by Gasteiger charge is 2.35. The van der Waals surface area contributed by atoms with Gasteiger partial charge in [0.05, 0.1) is 6.07 Å². The topological polar surface area (TPSA) is 52.9 Å². The molecule has 1 saturated carbocycles. The van der Waals surface area contributed by atoms with E-state index in [2.05, 4.69) is 11.4 Å². The summed E-state index contributed by atoms with van der Waals surface area (Å²) < 4.78 is 13.4. The Labute approximate surface area is 106 Å². The van der Waals surface area contributed by atoms with Crippen molar-refractivity contribution in [1.82, 2.24) is 5.32 Å². The zero-order chi connectivity index (χ0) is 13.2. The van der Waals surface area contributed by atoms with Crippen molar-refractivity contribution >= 4 is 5.91 Å². The van der Waals surface area contributed by atoms with Gasteiger partial charge in [0.2, 0.25) is 0 Å². The zero-order valence-electron chi connectivity index (χ0n) is 10.3. The van der Waals surface area contributed by atoms with Gasteiger partial charge in [0.15, 0.2) is 0 Å². The number of amides is 1. The minimum atomic E-state index is -0.765. The summed E-state index contributed by atoms with van der Waals surface area (Å²) >= 11 is 0. The van der Waals surface area contributed by atoms with Gasteiger partial charge in [-0.15, -0.1) is 0 Å². The molecule has 0 aromatic heterocycles. The Balaban J connectivity index is 2.17. The van der Waals surface area contributed by atoms with Gasteiger partial charge in [-0.3, -0.25) is 4.79 Å². The Morgan fingerprint density at radius 3 is 2.67 bits per heavy atom. The molecule has 4 heteroatoms. The molecule has 1 aliphatic carbocycles. The molecule has 0 atom stereocenters. The van der Waals surface area contributed by atoms with Gasteiger partial charge in [-0.25, -0.2) is 4.39 Å². The molecule has 0 spiro atoms. The minimum absolute atomic E-state index is 0.264. The Morgan fingerprint density at radius 2 is 2.11 bits per heavy atom. The highest BCUT2D eigenvalue weighted by atomic mass is 19.1. The van der Waals surface area contributed by atoms with E-state index >= 15 is 0 Å². The number of nitriles is 1. The third kappa shape index (κ3) is 2.35. The summed E-state index contributed by atoms with van der Waals surface area (Å²) in [6, 6.07) is 6.54. The van der Waals surface area contributed by atoms with Crippen LogP contribution in [-0.2, 0) is 0 Å². The highest BCUT2D eigenvalue weighted by Crippen LogP contribution is 2.29. The molecule has 1 aromatic carbocycles. The van der Waals surface area contributed by atoms with Crippen LogP contribution < -0.4 is 5.32 Å². The molecule has 1 N–H and O–H groups in total. The number of aryl methyl sites for hydroxylation is 1. The van der Waals surface area contributed by atoms with Crippen molar-refractivity contribution in [3.8, 4) is 6.07 Å². The van der Waals surface area contributed by atoms with Gasteiger partial charge in [-0.1, -0.05) is 6.07 Å². The summed E-state index contributed by atoms with van der Waals surface area (Å²) in [7, 11) is 0. The van der Waals surface area contributed by atoms with E-state index < -0.39 is 11.4 Å². The lowest BCUT2D eigenvalue weighted by Gasteiger charge is -2.22. The molecule has 0 bridgehead atoms.